The van der Waals surface area contributed by atoms with E-state index in [1.54, 1.807) is 36.5 Å². The largest absolute Gasteiger partial charge is 0.372 e. The second kappa shape index (κ2) is 9.38. The third-order valence-corrected chi connectivity index (χ3v) is 4.53. The second-order valence-corrected chi connectivity index (χ2v) is 6.42. The normalized spacial score (nSPS) is 10.1. The van der Waals surface area contributed by atoms with Crippen LogP contribution in [0.3, 0.4) is 0 Å². The molecule has 1 amide bonds. The standard InChI is InChI=1S/C23H23N5O/c1-3-28(4-2)21-10-8-18(9-11-21)27-23(29)22-15-20(12-13-25-22)26-19-7-5-6-17(14-19)16-24/h5-15H,3-4H2,1-2H3,(H,25,26)(H,27,29). The molecular formula is C23H23N5O. The van der Waals surface area contributed by atoms with Crippen LogP contribution in [-0.4, -0.2) is 24.0 Å². The van der Waals surface area contributed by atoms with Crippen LogP contribution in [0, 0.1) is 11.3 Å². The Labute approximate surface area is 170 Å². The Morgan fingerprint density at radius 3 is 2.41 bits per heavy atom. The maximum Gasteiger partial charge on any atom is 0.274 e. The first-order valence-corrected chi connectivity index (χ1v) is 9.52. The summed E-state index contributed by atoms with van der Waals surface area (Å²) in [4.78, 5) is 19.0. The van der Waals surface area contributed by atoms with E-state index in [0.717, 1.165) is 30.2 Å². The molecule has 0 bridgehead atoms. The molecule has 6 nitrogen and oxygen atoms in total. The minimum Gasteiger partial charge on any atom is -0.372 e. The zero-order chi connectivity index (χ0) is 20.6. The van der Waals surface area contributed by atoms with Gasteiger partial charge in [-0.05, 0) is 68.4 Å². The van der Waals surface area contributed by atoms with E-state index in [9.17, 15) is 4.79 Å². The van der Waals surface area contributed by atoms with Crippen molar-refractivity contribution in [1.82, 2.24) is 4.98 Å². The van der Waals surface area contributed by atoms with Gasteiger partial charge in [0.05, 0.1) is 11.6 Å². The van der Waals surface area contributed by atoms with Gasteiger partial charge in [0.25, 0.3) is 5.91 Å². The van der Waals surface area contributed by atoms with E-state index in [0.29, 0.717) is 16.9 Å². The van der Waals surface area contributed by atoms with Gasteiger partial charge < -0.3 is 15.5 Å². The summed E-state index contributed by atoms with van der Waals surface area (Å²) in [5, 5.41) is 15.1. The van der Waals surface area contributed by atoms with Crippen molar-refractivity contribution in [2.45, 2.75) is 13.8 Å². The molecule has 0 spiro atoms. The van der Waals surface area contributed by atoms with E-state index in [4.69, 9.17) is 5.26 Å². The molecule has 6 heteroatoms. The van der Waals surface area contributed by atoms with Gasteiger partial charge in [-0.1, -0.05) is 6.07 Å². The average Bonchev–Trinajstić information content (AvgIpc) is 2.76. The van der Waals surface area contributed by atoms with E-state index in [-0.39, 0.29) is 5.91 Å². The van der Waals surface area contributed by atoms with Gasteiger partial charge in [0.15, 0.2) is 0 Å². The highest BCUT2D eigenvalue weighted by molar-refractivity contribution is 6.03. The number of rotatable bonds is 7. The van der Waals surface area contributed by atoms with E-state index in [2.05, 4.69) is 40.4 Å². The fraction of sp³-hybridized carbons (Fsp3) is 0.174. The number of hydrogen-bond acceptors (Lipinski definition) is 5. The van der Waals surface area contributed by atoms with Crippen LogP contribution in [0.5, 0.6) is 0 Å². The Morgan fingerprint density at radius 1 is 1.00 bits per heavy atom. The quantitative estimate of drug-likeness (QED) is 0.611. The van der Waals surface area contributed by atoms with Crippen LogP contribution in [-0.2, 0) is 0 Å². The van der Waals surface area contributed by atoms with Gasteiger partial charge in [0, 0.05) is 42.0 Å². The predicted molar refractivity (Wildman–Crippen MR) is 117 cm³/mol. The van der Waals surface area contributed by atoms with Gasteiger partial charge in [-0.15, -0.1) is 0 Å². The molecule has 2 N–H and O–H groups in total. The first kappa shape index (κ1) is 19.9. The molecule has 0 radical (unpaired) electrons. The lowest BCUT2D eigenvalue weighted by atomic mass is 10.2. The molecule has 3 rings (SSSR count). The summed E-state index contributed by atoms with van der Waals surface area (Å²) in [5.74, 6) is -0.282. The first-order chi connectivity index (χ1) is 14.1. The molecule has 0 atom stereocenters. The van der Waals surface area contributed by atoms with Gasteiger partial charge in [-0.2, -0.15) is 5.26 Å². The minimum absolute atomic E-state index is 0.282. The van der Waals surface area contributed by atoms with E-state index < -0.39 is 0 Å². The van der Waals surface area contributed by atoms with Crippen molar-refractivity contribution in [3.63, 3.8) is 0 Å². The average molecular weight is 385 g/mol. The van der Waals surface area contributed by atoms with Crippen LogP contribution in [0.2, 0.25) is 0 Å². The Balaban J connectivity index is 1.70. The number of hydrogen-bond donors (Lipinski definition) is 2. The van der Waals surface area contributed by atoms with Crippen molar-refractivity contribution < 1.29 is 4.79 Å². The molecule has 0 aliphatic carbocycles. The van der Waals surface area contributed by atoms with Crippen molar-refractivity contribution in [3.05, 3.63) is 78.1 Å². The summed E-state index contributed by atoms with van der Waals surface area (Å²) in [6, 6.07) is 20.5. The molecule has 0 saturated carbocycles. The summed E-state index contributed by atoms with van der Waals surface area (Å²) in [5.41, 5.74) is 4.20. The van der Waals surface area contributed by atoms with Crippen molar-refractivity contribution in [2.75, 3.05) is 28.6 Å². The molecule has 146 valence electrons. The molecule has 0 aliphatic rings. The monoisotopic (exact) mass is 385 g/mol. The summed E-state index contributed by atoms with van der Waals surface area (Å²) < 4.78 is 0. The topological polar surface area (TPSA) is 81.0 Å². The second-order valence-electron chi connectivity index (χ2n) is 6.42. The lowest BCUT2D eigenvalue weighted by Gasteiger charge is -2.21. The van der Waals surface area contributed by atoms with Crippen molar-refractivity contribution >= 4 is 28.7 Å². The van der Waals surface area contributed by atoms with E-state index >= 15 is 0 Å². The van der Waals surface area contributed by atoms with Crippen LogP contribution in [0.15, 0.2) is 66.9 Å². The third kappa shape index (κ3) is 5.11. The van der Waals surface area contributed by atoms with Crippen LogP contribution < -0.4 is 15.5 Å². The van der Waals surface area contributed by atoms with Gasteiger partial charge >= 0.3 is 0 Å². The Kier molecular flexibility index (Phi) is 6.43. The molecule has 3 aromatic rings. The number of nitriles is 1. The fourth-order valence-corrected chi connectivity index (χ4v) is 3.01. The highest BCUT2D eigenvalue weighted by Crippen LogP contribution is 2.20. The molecule has 0 unspecified atom stereocenters. The number of aromatic nitrogens is 1. The molecule has 1 aromatic heterocycles. The molecule has 0 fully saturated rings. The molecular weight excluding hydrogens is 362 g/mol. The first-order valence-electron chi connectivity index (χ1n) is 9.52. The van der Waals surface area contributed by atoms with Crippen molar-refractivity contribution in [2.24, 2.45) is 0 Å². The number of carbonyl (C=O) groups excluding carboxylic acids is 1. The Morgan fingerprint density at radius 2 is 1.72 bits per heavy atom. The summed E-state index contributed by atoms with van der Waals surface area (Å²) in [7, 11) is 0. The summed E-state index contributed by atoms with van der Waals surface area (Å²) >= 11 is 0. The number of nitrogens with zero attached hydrogens (tertiary/aromatic N) is 3. The molecule has 0 saturated heterocycles. The van der Waals surface area contributed by atoms with Crippen molar-refractivity contribution in [3.8, 4) is 6.07 Å². The number of pyridine rings is 1. The highest BCUT2D eigenvalue weighted by atomic mass is 16.1. The summed E-state index contributed by atoms with van der Waals surface area (Å²) in [6.45, 7) is 6.09. The van der Waals surface area contributed by atoms with Gasteiger partial charge in [-0.3, -0.25) is 9.78 Å². The number of nitrogens with one attached hydrogen (secondary N) is 2. The van der Waals surface area contributed by atoms with Crippen molar-refractivity contribution in [1.29, 1.82) is 5.26 Å². The zero-order valence-electron chi connectivity index (χ0n) is 16.5. The highest BCUT2D eigenvalue weighted by Gasteiger charge is 2.10. The Bertz CT molecular complexity index is 1020. The molecule has 2 aromatic carbocycles. The van der Waals surface area contributed by atoms with Crippen LogP contribution >= 0.6 is 0 Å². The Hall–Kier alpha value is -3.85. The number of carbonyl (C=O) groups is 1. The van der Waals surface area contributed by atoms with E-state index in [1.165, 1.54) is 0 Å². The predicted octanol–water partition coefficient (Wildman–Crippen LogP) is 4.80. The van der Waals surface area contributed by atoms with Crippen LogP contribution in [0.25, 0.3) is 0 Å². The van der Waals surface area contributed by atoms with Gasteiger partial charge in [0.2, 0.25) is 0 Å². The molecule has 1 heterocycles. The van der Waals surface area contributed by atoms with E-state index in [1.807, 2.05) is 30.3 Å². The fourth-order valence-electron chi connectivity index (χ4n) is 3.01. The minimum atomic E-state index is -0.282. The maximum absolute atomic E-state index is 12.6. The van der Waals surface area contributed by atoms with Crippen LogP contribution in [0.4, 0.5) is 22.7 Å². The molecule has 29 heavy (non-hydrogen) atoms. The SMILES string of the molecule is CCN(CC)c1ccc(NC(=O)c2cc(Nc3cccc(C#N)c3)ccn2)cc1. The van der Waals surface area contributed by atoms with Gasteiger partial charge in [0.1, 0.15) is 5.69 Å². The smallest absolute Gasteiger partial charge is 0.274 e. The summed E-state index contributed by atoms with van der Waals surface area (Å²) in [6.07, 6.45) is 1.58. The molecule has 0 aliphatic heterocycles. The third-order valence-electron chi connectivity index (χ3n) is 4.53. The lowest BCUT2D eigenvalue weighted by Crippen LogP contribution is -2.21. The number of anilines is 4. The lowest BCUT2D eigenvalue weighted by molar-refractivity contribution is 0.102. The number of benzene rings is 2. The maximum atomic E-state index is 12.6. The van der Waals surface area contributed by atoms with Crippen LogP contribution in [0.1, 0.15) is 29.9 Å². The number of amides is 1. The zero-order valence-corrected chi connectivity index (χ0v) is 16.5. The van der Waals surface area contributed by atoms with Gasteiger partial charge in [-0.25, -0.2) is 0 Å².